The van der Waals surface area contributed by atoms with Gasteiger partial charge in [-0.05, 0) is 58.7 Å². The van der Waals surface area contributed by atoms with Crippen molar-refractivity contribution in [1.82, 2.24) is 9.27 Å². The van der Waals surface area contributed by atoms with Gasteiger partial charge in [0.05, 0.1) is 11.3 Å². The van der Waals surface area contributed by atoms with Crippen molar-refractivity contribution < 1.29 is 4.79 Å². The van der Waals surface area contributed by atoms with Gasteiger partial charge in [0.1, 0.15) is 5.00 Å². The summed E-state index contributed by atoms with van der Waals surface area (Å²) in [6, 6.07) is 0. The van der Waals surface area contributed by atoms with Crippen molar-refractivity contribution in [3.63, 3.8) is 0 Å². The van der Waals surface area contributed by atoms with Gasteiger partial charge in [-0.2, -0.15) is 4.37 Å². The summed E-state index contributed by atoms with van der Waals surface area (Å²) in [4.78, 5) is 13.9. The van der Waals surface area contributed by atoms with E-state index in [2.05, 4.69) is 28.7 Å². The van der Waals surface area contributed by atoms with E-state index in [1.165, 1.54) is 30.8 Å². The van der Waals surface area contributed by atoms with Crippen molar-refractivity contribution >= 4 is 22.3 Å². The number of hydrogen-bond donors (Lipinski definition) is 1. The Morgan fingerprint density at radius 3 is 2.61 bits per heavy atom. The number of anilines is 1. The summed E-state index contributed by atoms with van der Waals surface area (Å²) >= 11 is 1.39. The van der Waals surface area contributed by atoms with Gasteiger partial charge in [0.2, 0.25) is 0 Å². The van der Waals surface area contributed by atoms with E-state index in [0.29, 0.717) is 0 Å². The van der Waals surface area contributed by atoms with Gasteiger partial charge in [0.15, 0.2) is 5.78 Å². The minimum atomic E-state index is 0.0938. The zero-order valence-electron chi connectivity index (χ0n) is 11.5. The molecule has 1 aliphatic carbocycles. The molecule has 0 atom stereocenters. The second-order valence-electron chi connectivity index (χ2n) is 5.35. The largest absolute Gasteiger partial charge is 0.373 e. The zero-order chi connectivity index (χ0) is 13.3. The van der Waals surface area contributed by atoms with Crippen LogP contribution in [0.15, 0.2) is 0 Å². The molecule has 1 fully saturated rings. The Labute approximate surface area is 113 Å². The normalized spacial score (nSPS) is 17.6. The molecule has 0 bridgehead atoms. The topological polar surface area (TPSA) is 45.2 Å². The predicted molar refractivity (Wildman–Crippen MR) is 75.6 cm³/mol. The van der Waals surface area contributed by atoms with E-state index >= 15 is 0 Å². The fourth-order valence-electron chi connectivity index (χ4n) is 2.52. The number of Topliss-reactive ketones (excluding diaryl/α,β-unsaturated/α-hetero) is 1. The van der Waals surface area contributed by atoms with Gasteiger partial charge >= 0.3 is 0 Å². The van der Waals surface area contributed by atoms with Gasteiger partial charge in [-0.3, -0.25) is 4.79 Å². The summed E-state index contributed by atoms with van der Waals surface area (Å²) in [5.41, 5.74) is 1.85. The highest BCUT2D eigenvalue weighted by atomic mass is 32.1. The quantitative estimate of drug-likeness (QED) is 0.833. The van der Waals surface area contributed by atoms with Crippen LogP contribution in [0.3, 0.4) is 0 Å². The Bertz CT molecular complexity index is 449. The highest BCUT2D eigenvalue weighted by Crippen LogP contribution is 2.37. The van der Waals surface area contributed by atoms with E-state index in [4.69, 9.17) is 0 Å². The summed E-state index contributed by atoms with van der Waals surface area (Å²) in [6.07, 6.45) is 3.74. The van der Waals surface area contributed by atoms with Crippen molar-refractivity contribution in [2.45, 2.75) is 38.6 Å². The van der Waals surface area contributed by atoms with Crippen LogP contribution in [0, 0.1) is 6.92 Å². The van der Waals surface area contributed by atoms with Crippen molar-refractivity contribution in [2.24, 2.45) is 0 Å². The van der Waals surface area contributed by atoms with Crippen LogP contribution in [-0.4, -0.2) is 41.2 Å². The standard InChI is InChI=1S/C13H21N3OS/c1-9-11(10(2)17)12(18-15-9)14-8-13(16(3)4)6-5-7-13/h14H,5-8H2,1-4H3. The van der Waals surface area contributed by atoms with E-state index in [9.17, 15) is 4.79 Å². The molecule has 0 amide bonds. The summed E-state index contributed by atoms with van der Waals surface area (Å²) in [5.74, 6) is 0.0938. The smallest absolute Gasteiger partial charge is 0.164 e. The Morgan fingerprint density at radius 1 is 1.50 bits per heavy atom. The molecule has 1 aromatic heterocycles. The molecule has 0 radical (unpaired) electrons. The first kappa shape index (κ1) is 13.5. The van der Waals surface area contributed by atoms with Crippen LogP contribution in [0.1, 0.15) is 42.2 Å². The van der Waals surface area contributed by atoms with E-state index in [1.54, 1.807) is 6.92 Å². The molecule has 1 aromatic rings. The maximum absolute atomic E-state index is 11.6. The molecular weight excluding hydrogens is 246 g/mol. The first-order valence-corrected chi connectivity index (χ1v) is 7.12. The fraction of sp³-hybridized carbons (Fsp3) is 0.692. The van der Waals surface area contributed by atoms with Crippen LogP contribution in [0.25, 0.3) is 0 Å². The average molecular weight is 267 g/mol. The second-order valence-corrected chi connectivity index (χ2v) is 6.13. The lowest BCUT2D eigenvalue weighted by Gasteiger charge is -2.47. The second kappa shape index (κ2) is 4.97. The van der Waals surface area contributed by atoms with Crippen molar-refractivity contribution in [2.75, 3.05) is 26.0 Å². The monoisotopic (exact) mass is 267 g/mol. The van der Waals surface area contributed by atoms with Gasteiger partial charge < -0.3 is 10.2 Å². The summed E-state index contributed by atoms with van der Waals surface area (Å²) in [5, 5.41) is 4.36. The van der Waals surface area contributed by atoms with Gasteiger partial charge in [0, 0.05) is 12.1 Å². The Kier molecular flexibility index (Phi) is 3.73. The molecule has 100 valence electrons. The third-order valence-corrected chi connectivity index (χ3v) is 4.92. The van der Waals surface area contributed by atoms with Gasteiger partial charge in [0.25, 0.3) is 0 Å². The number of nitrogens with zero attached hydrogens (tertiary/aromatic N) is 2. The maximum atomic E-state index is 11.6. The van der Waals surface area contributed by atoms with E-state index in [0.717, 1.165) is 22.8 Å². The van der Waals surface area contributed by atoms with E-state index in [1.807, 2.05) is 6.92 Å². The lowest BCUT2D eigenvalue weighted by atomic mass is 9.75. The molecule has 18 heavy (non-hydrogen) atoms. The van der Waals surface area contributed by atoms with E-state index in [-0.39, 0.29) is 11.3 Å². The summed E-state index contributed by atoms with van der Waals surface area (Å²) in [6.45, 7) is 4.39. The molecule has 0 aromatic carbocycles. The Morgan fingerprint density at radius 2 is 2.17 bits per heavy atom. The molecule has 5 heteroatoms. The number of carbonyl (C=O) groups is 1. The van der Waals surface area contributed by atoms with Gasteiger partial charge in [-0.15, -0.1) is 0 Å². The number of nitrogens with one attached hydrogen (secondary N) is 1. The van der Waals surface area contributed by atoms with Crippen molar-refractivity contribution in [3.8, 4) is 0 Å². The van der Waals surface area contributed by atoms with Crippen LogP contribution in [-0.2, 0) is 0 Å². The van der Waals surface area contributed by atoms with Crippen molar-refractivity contribution in [1.29, 1.82) is 0 Å². The Balaban J connectivity index is 2.09. The van der Waals surface area contributed by atoms with Crippen LogP contribution >= 0.6 is 11.5 Å². The molecule has 0 aliphatic heterocycles. The number of likely N-dealkylation sites (N-methyl/N-ethyl adjacent to an activating group) is 1. The van der Waals surface area contributed by atoms with Crippen molar-refractivity contribution in [3.05, 3.63) is 11.3 Å². The third kappa shape index (κ3) is 2.29. The fourth-order valence-corrected chi connectivity index (χ4v) is 3.36. The lowest BCUT2D eigenvalue weighted by Crippen LogP contribution is -2.54. The van der Waals surface area contributed by atoms with E-state index < -0.39 is 0 Å². The molecule has 2 rings (SSSR count). The predicted octanol–water partition coefficient (Wildman–Crippen LogP) is 2.55. The molecule has 0 unspecified atom stereocenters. The first-order chi connectivity index (χ1) is 8.46. The number of carbonyl (C=O) groups excluding carboxylic acids is 1. The van der Waals surface area contributed by atoms with Gasteiger partial charge in [-0.25, -0.2) is 0 Å². The third-order valence-electron chi connectivity index (χ3n) is 4.03. The summed E-state index contributed by atoms with van der Waals surface area (Å²) in [7, 11) is 4.26. The zero-order valence-corrected chi connectivity index (χ0v) is 12.4. The SMILES string of the molecule is CC(=O)c1c(C)nsc1NCC1(N(C)C)CCC1. The molecule has 4 nitrogen and oxygen atoms in total. The number of rotatable bonds is 5. The molecule has 0 spiro atoms. The first-order valence-electron chi connectivity index (χ1n) is 6.35. The molecule has 1 saturated carbocycles. The number of ketones is 1. The number of hydrogen-bond acceptors (Lipinski definition) is 5. The summed E-state index contributed by atoms with van der Waals surface area (Å²) < 4.78 is 4.27. The maximum Gasteiger partial charge on any atom is 0.164 e. The van der Waals surface area contributed by atoms with Crippen LogP contribution in [0.4, 0.5) is 5.00 Å². The highest BCUT2D eigenvalue weighted by molar-refractivity contribution is 7.10. The average Bonchev–Trinajstić information content (AvgIpc) is 2.57. The molecule has 1 N–H and O–H groups in total. The molecule has 1 heterocycles. The lowest BCUT2D eigenvalue weighted by molar-refractivity contribution is 0.0739. The molecule has 1 aliphatic rings. The Hall–Kier alpha value is -0.940. The van der Waals surface area contributed by atoms with Crippen LogP contribution < -0.4 is 5.32 Å². The van der Waals surface area contributed by atoms with Gasteiger partial charge in [-0.1, -0.05) is 0 Å². The van der Waals surface area contributed by atoms with Crippen LogP contribution in [0.5, 0.6) is 0 Å². The minimum absolute atomic E-state index is 0.0938. The van der Waals surface area contributed by atoms with Crippen LogP contribution in [0.2, 0.25) is 0 Å². The minimum Gasteiger partial charge on any atom is -0.373 e. The molecule has 0 saturated heterocycles. The number of aromatic nitrogens is 1. The molecular formula is C13H21N3OS. The highest BCUT2D eigenvalue weighted by Gasteiger charge is 2.39. The number of aryl methyl sites for hydroxylation is 1.